The van der Waals surface area contributed by atoms with E-state index in [1.165, 1.54) is 18.4 Å². The zero-order valence-corrected chi connectivity index (χ0v) is 6.64. The Morgan fingerprint density at radius 1 is 1.42 bits per heavy atom. The molecule has 0 amide bonds. The Labute approximate surface area is 70.0 Å². The molecule has 2 aromatic rings. The molecular weight excluding hydrogens is 150 g/mol. The Balaban J connectivity index is 2.21. The van der Waals surface area contributed by atoms with Crippen LogP contribution >= 0.6 is 0 Å². The van der Waals surface area contributed by atoms with Gasteiger partial charge in [0.1, 0.15) is 0 Å². The molecule has 12 heavy (non-hydrogen) atoms. The van der Waals surface area contributed by atoms with E-state index in [2.05, 4.69) is 16.3 Å². The molecule has 3 nitrogen and oxygen atoms in total. The predicted molar refractivity (Wildman–Crippen MR) is 45.0 cm³/mol. The second-order valence-electron chi connectivity index (χ2n) is 3.30. The van der Waals surface area contributed by atoms with Crippen LogP contribution in [0, 0.1) is 0 Å². The molecule has 2 aromatic heterocycles. The average molecular weight is 159 g/mol. The van der Waals surface area contributed by atoms with E-state index in [4.69, 9.17) is 0 Å². The third-order valence-corrected chi connectivity index (χ3v) is 2.32. The van der Waals surface area contributed by atoms with Crippen molar-refractivity contribution in [1.82, 2.24) is 14.6 Å². The van der Waals surface area contributed by atoms with Crippen LogP contribution in [0.3, 0.4) is 0 Å². The molecule has 0 bridgehead atoms. The van der Waals surface area contributed by atoms with Gasteiger partial charge in [0.2, 0.25) is 0 Å². The quantitative estimate of drug-likeness (QED) is 0.632. The maximum atomic E-state index is 4.30. The molecule has 1 aliphatic carbocycles. The van der Waals surface area contributed by atoms with E-state index >= 15 is 0 Å². The number of nitrogens with zero attached hydrogens (tertiary/aromatic N) is 3. The van der Waals surface area contributed by atoms with Crippen LogP contribution in [0.15, 0.2) is 24.7 Å². The number of rotatable bonds is 1. The molecule has 0 atom stereocenters. The van der Waals surface area contributed by atoms with Gasteiger partial charge in [-0.05, 0) is 24.3 Å². The summed E-state index contributed by atoms with van der Waals surface area (Å²) in [5, 5.41) is 4.14. The molecule has 0 aliphatic heterocycles. The smallest absolute Gasteiger partial charge is 0.154 e. The first-order valence-corrected chi connectivity index (χ1v) is 4.23. The molecule has 0 spiro atoms. The average Bonchev–Trinajstić information content (AvgIpc) is 2.84. The predicted octanol–water partition coefficient (Wildman–Crippen LogP) is 1.61. The maximum absolute atomic E-state index is 4.30. The van der Waals surface area contributed by atoms with Gasteiger partial charge in [0.15, 0.2) is 5.65 Å². The molecule has 2 heterocycles. The third kappa shape index (κ3) is 0.826. The first kappa shape index (κ1) is 6.17. The van der Waals surface area contributed by atoms with Crippen molar-refractivity contribution >= 4 is 5.65 Å². The van der Waals surface area contributed by atoms with E-state index < -0.39 is 0 Å². The third-order valence-electron chi connectivity index (χ3n) is 2.32. The summed E-state index contributed by atoms with van der Waals surface area (Å²) in [6, 6.07) is 1.91. The normalized spacial score (nSPS) is 17.0. The molecule has 0 radical (unpaired) electrons. The van der Waals surface area contributed by atoms with E-state index in [-0.39, 0.29) is 0 Å². The lowest BCUT2D eigenvalue weighted by Crippen LogP contribution is -1.92. The van der Waals surface area contributed by atoms with E-state index in [1.807, 2.05) is 16.8 Å². The standard InChI is InChI=1S/C9H9N3/c1-2-7(1)8-5-10-9-3-4-11-12(9)6-8/h3-7H,1-2H2. The van der Waals surface area contributed by atoms with E-state index in [0.717, 1.165) is 11.6 Å². The van der Waals surface area contributed by atoms with Crippen molar-refractivity contribution in [3.8, 4) is 0 Å². The lowest BCUT2D eigenvalue weighted by molar-refractivity contribution is 0.907. The summed E-state index contributed by atoms with van der Waals surface area (Å²) in [5.41, 5.74) is 2.26. The van der Waals surface area contributed by atoms with Crippen molar-refractivity contribution in [3.63, 3.8) is 0 Å². The molecule has 60 valence electrons. The largest absolute Gasteiger partial charge is 0.237 e. The van der Waals surface area contributed by atoms with Gasteiger partial charge in [0.05, 0.1) is 6.20 Å². The summed E-state index contributed by atoms with van der Waals surface area (Å²) in [7, 11) is 0. The van der Waals surface area contributed by atoms with Crippen LogP contribution in [0.2, 0.25) is 0 Å². The van der Waals surface area contributed by atoms with Gasteiger partial charge in [-0.3, -0.25) is 0 Å². The summed E-state index contributed by atoms with van der Waals surface area (Å²) in [6.45, 7) is 0. The van der Waals surface area contributed by atoms with Crippen molar-refractivity contribution in [2.45, 2.75) is 18.8 Å². The van der Waals surface area contributed by atoms with Gasteiger partial charge in [-0.2, -0.15) is 5.10 Å². The van der Waals surface area contributed by atoms with Crippen molar-refractivity contribution in [2.24, 2.45) is 0 Å². The molecule has 1 saturated carbocycles. The minimum Gasteiger partial charge on any atom is -0.237 e. The fraction of sp³-hybridized carbons (Fsp3) is 0.333. The molecule has 0 N–H and O–H groups in total. The lowest BCUT2D eigenvalue weighted by atomic mass is 10.2. The topological polar surface area (TPSA) is 30.2 Å². The van der Waals surface area contributed by atoms with Crippen LogP contribution in [0.4, 0.5) is 0 Å². The molecule has 1 fully saturated rings. The second kappa shape index (κ2) is 2.06. The lowest BCUT2D eigenvalue weighted by Gasteiger charge is -1.97. The highest BCUT2D eigenvalue weighted by Gasteiger charge is 2.24. The summed E-state index contributed by atoms with van der Waals surface area (Å²) >= 11 is 0. The van der Waals surface area contributed by atoms with Gasteiger partial charge < -0.3 is 0 Å². The SMILES string of the molecule is c1cc2ncc(C3CC3)cn2n1. The maximum Gasteiger partial charge on any atom is 0.154 e. The van der Waals surface area contributed by atoms with Gasteiger partial charge in [0.25, 0.3) is 0 Å². The van der Waals surface area contributed by atoms with Crippen LogP contribution in [0.1, 0.15) is 24.3 Å². The molecule has 3 rings (SSSR count). The fourth-order valence-corrected chi connectivity index (χ4v) is 1.45. The Morgan fingerprint density at radius 3 is 3.17 bits per heavy atom. The highest BCUT2D eigenvalue weighted by Crippen LogP contribution is 2.39. The van der Waals surface area contributed by atoms with Crippen LogP contribution in [0.25, 0.3) is 5.65 Å². The Kier molecular flexibility index (Phi) is 1.06. The summed E-state index contributed by atoms with van der Waals surface area (Å²) in [4.78, 5) is 4.30. The van der Waals surface area contributed by atoms with Crippen LogP contribution < -0.4 is 0 Å². The Hall–Kier alpha value is -1.38. The van der Waals surface area contributed by atoms with Crippen molar-refractivity contribution < 1.29 is 0 Å². The second-order valence-corrected chi connectivity index (χ2v) is 3.30. The van der Waals surface area contributed by atoms with E-state index in [9.17, 15) is 0 Å². The first-order valence-electron chi connectivity index (χ1n) is 4.23. The summed E-state index contributed by atoms with van der Waals surface area (Å²) in [6.07, 6.45) is 8.45. The van der Waals surface area contributed by atoms with Crippen LogP contribution in [-0.2, 0) is 0 Å². The van der Waals surface area contributed by atoms with Gasteiger partial charge in [0, 0.05) is 18.5 Å². The zero-order chi connectivity index (χ0) is 7.97. The molecule has 3 heteroatoms. The van der Waals surface area contributed by atoms with Crippen molar-refractivity contribution in [3.05, 3.63) is 30.2 Å². The van der Waals surface area contributed by atoms with Gasteiger partial charge >= 0.3 is 0 Å². The van der Waals surface area contributed by atoms with Gasteiger partial charge in [-0.15, -0.1) is 0 Å². The Bertz CT molecular complexity index is 414. The number of fused-ring (bicyclic) bond motifs is 1. The molecular formula is C9H9N3. The summed E-state index contributed by atoms with van der Waals surface area (Å²) in [5.74, 6) is 0.756. The molecule has 0 saturated heterocycles. The first-order chi connectivity index (χ1) is 5.93. The van der Waals surface area contributed by atoms with E-state index in [0.29, 0.717) is 0 Å². The number of aromatic nitrogens is 3. The van der Waals surface area contributed by atoms with Gasteiger partial charge in [-0.1, -0.05) is 0 Å². The van der Waals surface area contributed by atoms with Gasteiger partial charge in [-0.25, -0.2) is 9.50 Å². The van der Waals surface area contributed by atoms with Crippen molar-refractivity contribution in [1.29, 1.82) is 0 Å². The molecule has 1 aliphatic rings. The van der Waals surface area contributed by atoms with Crippen molar-refractivity contribution in [2.75, 3.05) is 0 Å². The number of hydrogen-bond donors (Lipinski definition) is 0. The molecule has 0 aromatic carbocycles. The van der Waals surface area contributed by atoms with E-state index in [1.54, 1.807) is 6.20 Å². The zero-order valence-electron chi connectivity index (χ0n) is 6.64. The highest BCUT2D eigenvalue weighted by atomic mass is 15.2. The minimum atomic E-state index is 0.756. The summed E-state index contributed by atoms with van der Waals surface area (Å²) < 4.78 is 1.84. The van der Waals surface area contributed by atoms with Crippen LogP contribution in [0.5, 0.6) is 0 Å². The minimum absolute atomic E-state index is 0.756. The fourth-order valence-electron chi connectivity index (χ4n) is 1.45. The number of hydrogen-bond acceptors (Lipinski definition) is 2. The highest BCUT2D eigenvalue weighted by molar-refractivity contribution is 5.37. The Morgan fingerprint density at radius 2 is 2.33 bits per heavy atom. The monoisotopic (exact) mass is 159 g/mol. The van der Waals surface area contributed by atoms with Crippen LogP contribution in [-0.4, -0.2) is 14.6 Å². The molecule has 0 unspecified atom stereocenters.